The first-order chi connectivity index (χ1) is 12.3. The van der Waals surface area contributed by atoms with E-state index in [0.29, 0.717) is 19.0 Å². The summed E-state index contributed by atoms with van der Waals surface area (Å²) in [4.78, 5) is 23.7. The smallest absolute Gasteiger partial charge is 0.311 e. The van der Waals surface area contributed by atoms with Gasteiger partial charge in [-0.15, -0.1) is 0 Å². The summed E-state index contributed by atoms with van der Waals surface area (Å²) >= 11 is 0. The lowest BCUT2D eigenvalue weighted by atomic mass is 9.97. The van der Waals surface area contributed by atoms with Crippen molar-refractivity contribution in [1.29, 1.82) is 0 Å². The minimum atomic E-state index is -0.441. The quantitative estimate of drug-likeness (QED) is 0.527. The molecule has 1 aromatic heterocycles. The molecule has 0 fully saturated rings. The van der Waals surface area contributed by atoms with Gasteiger partial charge < -0.3 is 14.0 Å². The highest BCUT2D eigenvalue weighted by Gasteiger charge is 2.22. The first kappa shape index (κ1) is 20.0. The minimum absolute atomic E-state index is 0.0700. The largest absolute Gasteiger partial charge is 0.493 e. The molecule has 0 spiro atoms. The number of hydrogen-bond donors (Lipinski definition) is 0. The lowest BCUT2D eigenvalue weighted by Crippen LogP contribution is -2.23. The molecule has 26 heavy (non-hydrogen) atoms. The molecule has 0 bridgehead atoms. The van der Waals surface area contributed by atoms with E-state index in [9.17, 15) is 9.59 Å². The Labute approximate surface area is 154 Å². The number of nitrogens with zero attached hydrogens (tertiary/aromatic N) is 1. The fourth-order valence-electron chi connectivity index (χ4n) is 2.62. The van der Waals surface area contributed by atoms with Crippen LogP contribution in [0.3, 0.4) is 0 Å². The zero-order valence-electron chi connectivity index (χ0n) is 16.2. The Morgan fingerprint density at radius 1 is 1.04 bits per heavy atom. The third-order valence-corrected chi connectivity index (χ3v) is 4.26. The first-order valence-corrected chi connectivity index (χ1v) is 9.19. The number of fused-ring (bicyclic) bond motifs is 1. The van der Waals surface area contributed by atoms with Crippen LogP contribution in [0, 0.1) is 5.41 Å². The summed E-state index contributed by atoms with van der Waals surface area (Å²) in [5, 5.41) is 0.948. The van der Waals surface area contributed by atoms with Crippen molar-refractivity contribution in [3.63, 3.8) is 0 Å². The number of hydrogen-bond acceptors (Lipinski definition) is 4. The van der Waals surface area contributed by atoms with Crippen molar-refractivity contribution in [2.24, 2.45) is 12.5 Å². The zero-order chi connectivity index (χ0) is 19.2. The van der Waals surface area contributed by atoms with Gasteiger partial charge >= 0.3 is 5.97 Å². The van der Waals surface area contributed by atoms with Gasteiger partial charge in [-0.1, -0.05) is 12.1 Å². The van der Waals surface area contributed by atoms with Crippen LogP contribution in [0.5, 0.6) is 5.75 Å². The maximum Gasteiger partial charge on any atom is 0.311 e. The van der Waals surface area contributed by atoms with E-state index in [-0.39, 0.29) is 11.5 Å². The second-order valence-electron chi connectivity index (χ2n) is 7.57. The average molecular weight is 359 g/mol. The van der Waals surface area contributed by atoms with Crippen LogP contribution in [-0.2, 0) is 16.6 Å². The number of carbonyl (C=O) groups excluding carboxylic acids is 1. The number of aryl methyl sites for hydroxylation is 1. The first-order valence-electron chi connectivity index (χ1n) is 9.19. The highest BCUT2D eigenvalue weighted by atomic mass is 16.5. The summed E-state index contributed by atoms with van der Waals surface area (Å²) in [6.07, 6.45) is 3.74. The molecule has 0 aliphatic rings. The van der Waals surface area contributed by atoms with E-state index in [1.807, 2.05) is 45.0 Å². The van der Waals surface area contributed by atoms with Crippen molar-refractivity contribution in [2.75, 3.05) is 13.2 Å². The minimum Gasteiger partial charge on any atom is -0.493 e. The summed E-state index contributed by atoms with van der Waals surface area (Å²) in [6.45, 7) is 6.60. The molecule has 142 valence electrons. The van der Waals surface area contributed by atoms with E-state index in [2.05, 4.69) is 0 Å². The van der Waals surface area contributed by atoms with Gasteiger partial charge in [-0.3, -0.25) is 9.59 Å². The molecule has 1 aromatic carbocycles. The Morgan fingerprint density at radius 2 is 1.69 bits per heavy atom. The van der Waals surface area contributed by atoms with E-state index in [1.54, 1.807) is 17.7 Å². The van der Waals surface area contributed by atoms with Gasteiger partial charge in [0.15, 0.2) is 0 Å². The molecule has 0 saturated heterocycles. The highest BCUT2D eigenvalue weighted by molar-refractivity contribution is 5.85. The summed E-state index contributed by atoms with van der Waals surface area (Å²) in [5.74, 6) is 0.487. The number of pyridine rings is 1. The summed E-state index contributed by atoms with van der Waals surface area (Å²) in [7, 11) is 1.76. The van der Waals surface area contributed by atoms with E-state index >= 15 is 0 Å². The molecule has 5 nitrogen and oxygen atoms in total. The molecule has 0 atom stereocenters. The van der Waals surface area contributed by atoms with Crippen LogP contribution in [0.25, 0.3) is 10.9 Å². The topological polar surface area (TPSA) is 57.5 Å². The van der Waals surface area contributed by atoms with Crippen LogP contribution in [0.4, 0.5) is 0 Å². The van der Waals surface area contributed by atoms with Crippen molar-refractivity contribution >= 4 is 16.9 Å². The van der Waals surface area contributed by atoms with Crippen LogP contribution >= 0.6 is 0 Å². The van der Waals surface area contributed by atoms with Crippen LogP contribution in [0.1, 0.15) is 46.5 Å². The van der Waals surface area contributed by atoms with Gasteiger partial charge in [0.05, 0.1) is 24.1 Å². The predicted octanol–water partition coefficient (Wildman–Crippen LogP) is 4.07. The van der Waals surface area contributed by atoms with Gasteiger partial charge in [-0.05, 0) is 58.6 Å². The average Bonchev–Trinajstić information content (AvgIpc) is 2.60. The van der Waals surface area contributed by atoms with Crippen LogP contribution in [0.2, 0.25) is 0 Å². The monoisotopic (exact) mass is 359 g/mol. The summed E-state index contributed by atoms with van der Waals surface area (Å²) < 4.78 is 12.7. The van der Waals surface area contributed by atoms with Crippen molar-refractivity contribution < 1.29 is 14.3 Å². The maximum absolute atomic E-state index is 12.0. The van der Waals surface area contributed by atoms with Crippen molar-refractivity contribution in [2.45, 2.75) is 46.5 Å². The standard InChI is InChI=1S/C21H29NO4/c1-21(2,3)20(24)26-14-10-6-5-9-13-25-18-15-19(23)22(4)17-12-8-7-11-16(17)18/h7-8,11-12,15H,5-6,9-10,13-14H2,1-4H3. The Hall–Kier alpha value is -2.30. The summed E-state index contributed by atoms with van der Waals surface area (Å²) in [6, 6.07) is 9.29. The summed E-state index contributed by atoms with van der Waals surface area (Å²) in [5.41, 5.74) is 0.360. The SMILES string of the molecule is Cn1c(=O)cc(OCCCCCCOC(=O)C(C)(C)C)c2ccccc21. The molecule has 1 heterocycles. The molecule has 2 aromatic rings. The molecular formula is C21H29NO4. The zero-order valence-corrected chi connectivity index (χ0v) is 16.2. The Kier molecular flexibility index (Phi) is 6.83. The molecule has 2 rings (SSSR count). The second-order valence-corrected chi connectivity index (χ2v) is 7.57. The van der Waals surface area contributed by atoms with Gasteiger partial charge in [0.1, 0.15) is 5.75 Å². The van der Waals surface area contributed by atoms with Gasteiger partial charge in [0, 0.05) is 18.5 Å². The molecule has 5 heteroatoms. The number of aromatic nitrogens is 1. The number of unbranched alkanes of at least 4 members (excludes halogenated alkanes) is 3. The molecule has 0 saturated carbocycles. The number of rotatable bonds is 8. The Bertz CT molecular complexity index is 802. The molecule has 0 aliphatic carbocycles. The third kappa shape index (κ3) is 5.35. The van der Waals surface area contributed by atoms with Crippen molar-refractivity contribution in [3.05, 3.63) is 40.7 Å². The predicted molar refractivity (Wildman–Crippen MR) is 104 cm³/mol. The van der Waals surface area contributed by atoms with Gasteiger partial charge in [-0.2, -0.15) is 0 Å². The molecule has 0 aliphatic heterocycles. The van der Waals surface area contributed by atoms with Crippen LogP contribution in [0.15, 0.2) is 35.1 Å². The lowest BCUT2D eigenvalue weighted by Gasteiger charge is -2.16. The van der Waals surface area contributed by atoms with E-state index in [0.717, 1.165) is 36.6 Å². The van der Waals surface area contributed by atoms with E-state index in [1.165, 1.54) is 0 Å². The Balaban J connectivity index is 1.73. The Morgan fingerprint density at radius 3 is 2.38 bits per heavy atom. The fourth-order valence-corrected chi connectivity index (χ4v) is 2.62. The molecule has 0 N–H and O–H groups in total. The van der Waals surface area contributed by atoms with E-state index < -0.39 is 5.41 Å². The van der Waals surface area contributed by atoms with Gasteiger partial charge in [0.25, 0.3) is 5.56 Å². The van der Waals surface area contributed by atoms with Crippen molar-refractivity contribution in [1.82, 2.24) is 4.57 Å². The number of esters is 1. The highest BCUT2D eigenvalue weighted by Crippen LogP contribution is 2.23. The number of benzene rings is 1. The number of ether oxygens (including phenoxy) is 2. The lowest BCUT2D eigenvalue weighted by molar-refractivity contribution is -0.153. The van der Waals surface area contributed by atoms with Crippen molar-refractivity contribution in [3.8, 4) is 5.75 Å². The van der Waals surface area contributed by atoms with Crippen LogP contribution in [-0.4, -0.2) is 23.8 Å². The number of para-hydroxylation sites is 1. The third-order valence-electron chi connectivity index (χ3n) is 4.26. The van der Waals surface area contributed by atoms with Crippen LogP contribution < -0.4 is 10.3 Å². The fraction of sp³-hybridized carbons (Fsp3) is 0.524. The van der Waals surface area contributed by atoms with Gasteiger partial charge in [-0.25, -0.2) is 0 Å². The molecular weight excluding hydrogens is 330 g/mol. The molecule has 0 amide bonds. The normalized spacial score (nSPS) is 11.5. The van der Waals surface area contributed by atoms with Gasteiger partial charge in [0.2, 0.25) is 0 Å². The molecule has 0 radical (unpaired) electrons. The number of carbonyl (C=O) groups is 1. The maximum atomic E-state index is 12.0. The second kappa shape index (κ2) is 8.88. The molecule has 0 unspecified atom stereocenters. The van der Waals surface area contributed by atoms with E-state index in [4.69, 9.17) is 9.47 Å².